The number of aromatic nitrogens is 2. The van der Waals surface area contributed by atoms with Crippen LogP contribution in [0.5, 0.6) is 0 Å². The lowest BCUT2D eigenvalue weighted by Gasteiger charge is -2.12. The second kappa shape index (κ2) is 5.19. The van der Waals surface area contributed by atoms with E-state index in [0.29, 0.717) is 6.10 Å². The lowest BCUT2D eigenvalue weighted by atomic mass is 10.2. The number of ether oxygens (including phenoxy) is 1. The quantitative estimate of drug-likeness (QED) is 0.815. The predicted octanol–water partition coefficient (Wildman–Crippen LogP) is 1.70. The molecule has 0 aromatic carbocycles. The molecule has 0 amide bonds. The van der Waals surface area contributed by atoms with Gasteiger partial charge in [-0.1, -0.05) is 0 Å². The normalized spacial score (nSPS) is 24.4. The van der Waals surface area contributed by atoms with Gasteiger partial charge in [0, 0.05) is 31.6 Å². The number of rotatable bonds is 6. The van der Waals surface area contributed by atoms with Crippen molar-refractivity contribution in [1.82, 2.24) is 14.9 Å². The molecule has 0 bridgehead atoms. The van der Waals surface area contributed by atoms with Gasteiger partial charge < -0.3 is 14.6 Å². The van der Waals surface area contributed by atoms with Crippen molar-refractivity contribution in [3.05, 3.63) is 18.2 Å². The summed E-state index contributed by atoms with van der Waals surface area (Å²) in [6, 6.07) is 0.748. The maximum atomic E-state index is 5.65. The van der Waals surface area contributed by atoms with Crippen LogP contribution in [-0.2, 0) is 17.8 Å². The summed E-state index contributed by atoms with van der Waals surface area (Å²) >= 11 is 0. The highest BCUT2D eigenvalue weighted by atomic mass is 16.5. The van der Waals surface area contributed by atoms with E-state index in [2.05, 4.69) is 21.1 Å². The van der Waals surface area contributed by atoms with Crippen molar-refractivity contribution in [2.45, 2.75) is 57.3 Å². The maximum Gasteiger partial charge on any atom is 0.122 e. The standard InChI is InChI=1S/C13H21N3O/c1-2-12(17-9-1)5-7-16-8-6-14-13(16)10-15-11-3-4-11/h6,8,11-12,15H,1-5,7,9-10H2. The number of aryl methyl sites for hydroxylation is 1. The van der Waals surface area contributed by atoms with Crippen LogP contribution in [0.4, 0.5) is 0 Å². The molecule has 2 aliphatic rings. The van der Waals surface area contributed by atoms with Crippen molar-refractivity contribution in [3.63, 3.8) is 0 Å². The summed E-state index contributed by atoms with van der Waals surface area (Å²) in [6.07, 6.45) is 10.7. The molecule has 0 spiro atoms. The molecule has 1 saturated heterocycles. The highest BCUT2D eigenvalue weighted by Gasteiger charge is 2.21. The lowest BCUT2D eigenvalue weighted by Crippen LogP contribution is -2.19. The number of hydrogen-bond acceptors (Lipinski definition) is 3. The average Bonchev–Trinajstić information content (AvgIpc) is 2.86. The monoisotopic (exact) mass is 235 g/mol. The molecule has 1 aromatic rings. The van der Waals surface area contributed by atoms with Gasteiger partial charge in [0.15, 0.2) is 0 Å². The van der Waals surface area contributed by atoms with Gasteiger partial charge in [0.25, 0.3) is 0 Å². The first-order chi connectivity index (χ1) is 8.42. The minimum Gasteiger partial charge on any atom is -0.378 e. The number of imidazole rings is 1. The summed E-state index contributed by atoms with van der Waals surface area (Å²) in [7, 11) is 0. The summed E-state index contributed by atoms with van der Waals surface area (Å²) in [6.45, 7) is 2.89. The fourth-order valence-corrected chi connectivity index (χ4v) is 2.39. The summed E-state index contributed by atoms with van der Waals surface area (Å²) in [5.41, 5.74) is 0. The van der Waals surface area contributed by atoms with E-state index in [4.69, 9.17) is 4.74 Å². The highest BCUT2D eigenvalue weighted by Crippen LogP contribution is 2.19. The Bertz CT molecular complexity index is 353. The molecule has 2 fully saturated rings. The number of nitrogens with zero attached hydrogens (tertiary/aromatic N) is 2. The largest absolute Gasteiger partial charge is 0.378 e. The van der Waals surface area contributed by atoms with Gasteiger partial charge in [-0.2, -0.15) is 0 Å². The topological polar surface area (TPSA) is 39.1 Å². The summed E-state index contributed by atoms with van der Waals surface area (Å²) in [5.74, 6) is 1.16. The molecule has 17 heavy (non-hydrogen) atoms. The van der Waals surface area contributed by atoms with Crippen LogP contribution < -0.4 is 5.32 Å². The van der Waals surface area contributed by atoms with Crippen LogP contribution in [0.1, 0.15) is 37.9 Å². The van der Waals surface area contributed by atoms with Crippen molar-refractivity contribution in [2.24, 2.45) is 0 Å². The smallest absolute Gasteiger partial charge is 0.122 e. The van der Waals surface area contributed by atoms with Gasteiger partial charge in [-0.25, -0.2) is 4.98 Å². The van der Waals surface area contributed by atoms with Gasteiger partial charge in [0.05, 0.1) is 12.6 Å². The molecule has 1 aliphatic carbocycles. The molecule has 2 heterocycles. The molecule has 94 valence electrons. The van der Waals surface area contributed by atoms with Crippen LogP contribution in [0.25, 0.3) is 0 Å². The van der Waals surface area contributed by atoms with E-state index in [0.717, 1.165) is 38.0 Å². The Kier molecular flexibility index (Phi) is 3.43. The van der Waals surface area contributed by atoms with Gasteiger partial charge in [0.1, 0.15) is 5.82 Å². The molecule has 1 aliphatic heterocycles. The SMILES string of the molecule is c1cn(CCC2CCCO2)c(CNC2CC2)n1. The fourth-order valence-electron chi connectivity index (χ4n) is 2.39. The van der Waals surface area contributed by atoms with E-state index in [9.17, 15) is 0 Å². The number of hydrogen-bond donors (Lipinski definition) is 1. The first-order valence-corrected chi connectivity index (χ1v) is 6.77. The van der Waals surface area contributed by atoms with E-state index in [1.807, 2.05) is 6.20 Å². The molecular weight excluding hydrogens is 214 g/mol. The zero-order valence-electron chi connectivity index (χ0n) is 10.3. The van der Waals surface area contributed by atoms with Crippen molar-refractivity contribution in [1.29, 1.82) is 0 Å². The molecule has 1 saturated carbocycles. The number of nitrogens with one attached hydrogen (secondary N) is 1. The molecular formula is C13H21N3O. The predicted molar refractivity (Wildman–Crippen MR) is 65.7 cm³/mol. The first kappa shape index (κ1) is 11.2. The van der Waals surface area contributed by atoms with Gasteiger partial charge in [-0.15, -0.1) is 0 Å². The molecule has 1 aromatic heterocycles. The maximum absolute atomic E-state index is 5.65. The molecule has 0 radical (unpaired) electrons. The molecule has 4 nitrogen and oxygen atoms in total. The van der Waals surface area contributed by atoms with Crippen LogP contribution >= 0.6 is 0 Å². The van der Waals surface area contributed by atoms with E-state index < -0.39 is 0 Å². The molecule has 4 heteroatoms. The van der Waals surface area contributed by atoms with Gasteiger partial charge in [-0.3, -0.25) is 0 Å². The van der Waals surface area contributed by atoms with Crippen LogP contribution in [0.3, 0.4) is 0 Å². The summed E-state index contributed by atoms with van der Waals surface area (Å²) < 4.78 is 7.91. The third-order valence-corrected chi connectivity index (χ3v) is 3.64. The van der Waals surface area contributed by atoms with Crippen LogP contribution in [0.2, 0.25) is 0 Å². The minimum atomic E-state index is 0.474. The molecule has 1 unspecified atom stereocenters. The zero-order chi connectivity index (χ0) is 11.5. The van der Waals surface area contributed by atoms with Crippen molar-refractivity contribution in [2.75, 3.05) is 6.61 Å². The molecule has 1 N–H and O–H groups in total. The Hall–Kier alpha value is -0.870. The Labute approximate surface area is 102 Å². The van der Waals surface area contributed by atoms with E-state index in [1.54, 1.807) is 0 Å². The second-order valence-electron chi connectivity index (χ2n) is 5.12. The average molecular weight is 235 g/mol. The Morgan fingerprint density at radius 3 is 3.12 bits per heavy atom. The lowest BCUT2D eigenvalue weighted by molar-refractivity contribution is 0.100. The highest BCUT2D eigenvalue weighted by molar-refractivity contribution is 4.94. The third kappa shape index (κ3) is 3.07. The van der Waals surface area contributed by atoms with Gasteiger partial charge in [0.2, 0.25) is 0 Å². The summed E-state index contributed by atoms with van der Waals surface area (Å²) in [4.78, 5) is 4.42. The van der Waals surface area contributed by atoms with Crippen molar-refractivity contribution in [3.8, 4) is 0 Å². The molecule has 1 atom stereocenters. The second-order valence-corrected chi connectivity index (χ2v) is 5.12. The zero-order valence-corrected chi connectivity index (χ0v) is 10.3. The fraction of sp³-hybridized carbons (Fsp3) is 0.769. The van der Waals surface area contributed by atoms with Gasteiger partial charge in [-0.05, 0) is 32.1 Å². The van der Waals surface area contributed by atoms with Crippen molar-refractivity contribution < 1.29 is 4.74 Å². The molecule has 3 rings (SSSR count). The van der Waals surface area contributed by atoms with Crippen LogP contribution in [0.15, 0.2) is 12.4 Å². The van der Waals surface area contributed by atoms with Crippen LogP contribution in [0, 0.1) is 0 Å². The van der Waals surface area contributed by atoms with E-state index in [1.165, 1.54) is 25.7 Å². The van der Waals surface area contributed by atoms with E-state index in [-0.39, 0.29) is 0 Å². The summed E-state index contributed by atoms with van der Waals surface area (Å²) in [5, 5.41) is 3.51. The minimum absolute atomic E-state index is 0.474. The van der Waals surface area contributed by atoms with Crippen LogP contribution in [-0.4, -0.2) is 28.3 Å². The Morgan fingerprint density at radius 1 is 1.41 bits per heavy atom. The third-order valence-electron chi connectivity index (χ3n) is 3.64. The van der Waals surface area contributed by atoms with Crippen molar-refractivity contribution >= 4 is 0 Å². The Balaban J connectivity index is 1.48. The van der Waals surface area contributed by atoms with Gasteiger partial charge >= 0.3 is 0 Å². The first-order valence-electron chi connectivity index (χ1n) is 6.77. The van der Waals surface area contributed by atoms with E-state index >= 15 is 0 Å². The Morgan fingerprint density at radius 2 is 2.35 bits per heavy atom.